The summed E-state index contributed by atoms with van der Waals surface area (Å²) < 4.78 is 5.85. The molecule has 0 bridgehead atoms. The van der Waals surface area contributed by atoms with Gasteiger partial charge in [0.15, 0.2) is 0 Å². The molecule has 1 aromatic heterocycles. The predicted molar refractivity (Wildman–Crippen MR) is 132 cm³/mol. The second-order valence-corrected chi connectivity index (χ2v) is 7.75. The van der Waals surface area contributed by atoms with E-state index < -0.39 is 0 Å². The highest BCUT2D eigenvalue weighted by Gasteiger charge is 2.09. The SMILES string of the molecule is O=C(Nc1ccc(-c2nc3ccccc3[nH]2)cc1)c1cccc(OCCc2ccccc2)c1. The molecule has 5 nitrogen and oxygen atoms in total. The van der Waals surface area contributed by atoms with Crippen molar-refractivity contribution in [2.45, 2.75) is 6.42 Å². The van der Waals surface area contributed by atoms with Crippen LogP contribution in [0.2, 0.25) is 0 Å². The molecule has 0 spiro atoms. The molecule has 0 saturated heterocycles. The quantitative estimate of drug-likeness (QED) is 0.326. The summed E-state index contributed by atoms with van der Waals surface area (Å²) in [4.78, 5) is 20.7. The van der Waals surface area contributed by atoms with Gasteiger partial charge in [-0.25, -0.2) is 4.98 Å². The van der Waals surface area contributed by atoms with Gasteiger partial charge >= 0.3 is 0 Å². The molecule has 162 valence electrons. The molecule has 0 unspecified atom stereocenters. The van der Waals surface area contributed by atoms with Crippen LogP contribution in [0.15, 0.2) is 103 Å². The molecule has 2 N–H and O–H groups in total. The summed E-state index contributed by atoms with van der Waals surface area (Å²) in [7, 11) is 0. The van der Waals surface area contributed by atoms with Crippen molar-refractivity contribution in [2.24, 2.45) is 0 Å². The number of amides is 1. The molecular formula is C28H23N3O2. The van der Waals surface area contributed by atoms with Crippen LogP contribution >= 0.6 is 0 Å². The molecule has 1 heterocycles. The molecule has 0 fully saturated rings. The molecule has 0 aliphatic carbocycles. The number of aromatic nitrogens is 2. The van der Waals surface area contributed by atoms with E-state index in [0.29, 0.717) is 17.9 Å². The molecule has 0 aliphatic heterocycles. The standard InChI is InChI=1S/C28H23N3O2/c32-28(22-9-6-10-24(19-22)33-18-17-20-7-2-1-3-8-20)29-23-15-13-21(14-16-23)27-30-25-11-4-5-12-26(25)31-27/h1-16,19H,17-18H2,(H,29,32)(H,30,31). The van der Waals surface area contributed by atoms with Crippen LogP contribution in [0.25, 0.3) is 22.4 Å². The van der Waals surface area contributed by atoms with Gasteiger partial charge in [0.1, 0.15) is 11.6 Å². The van der Waals surface area contributed by atoms with Gasteiger partial charge in [0.25, 0.3) is 5.91 Å². The molecule has 5 aromatic rings. The number of anilines is 1. The number of H-pyrrole nitrogens is 1. The number of benzene rings is 4. The minimum Gasteiger partial charge on any atom is -0.493 e. The maximum atomic E-state index is 12.7. The molecule has 0 saturated carbocycles. The summed E-state index contributed by atoms with van der Waals surface area (Å²) in [6.07, 6.45) is 0.814. The Kier molecular flexibility index (Phi) is 5.85. The summed E-state index contributed by atoms with van der Waals surface area (Å²) >= 11 is 0. The highest BCUT2D eigenvalue weighted by molar-refractivity contribution is 6.04. The summed E-state index contributed by atoms with van der Waals surface area (Å²) in [5.41, 5.74) is 5.37. The van der Waals surface area contributed by atoms with Crippen LogP contribution in [0.3, 0.4) is 0 Å². The first kappa shape index (κ1) is 20.5. The van der Waals surface area contributed by atoms with Crippen molar-refractivity contribution in [2.75, 3.05) is 11.9 Å². The summed E-state index contributed by atoms with van der Waals surface area (Å²) in [6, 6.07) is 33.0. The van der Waals surface area contributed by atoms with Crippen molar-refractivity contribution in [3.8, 4) is 17.1 Å². The molecule has 4 aromatic carbocycles. The predicted octanol–water partition coefficient (Wildman–Crippen LogP) is 6.10. The van der Waals surface area contributed by atoms with Gasteiger partial charge in [-0.2, -0.15) is 0 Å². The van der Waals surface area contributed by atoms with E-state index in [-0.39, 0.29) is 5.91 Å². The van der Waals surface area contributed by atoms with E-state index >= 15 is 0 Å². The molecule has 1 amide bonds. The average molecular weight is 434 g/mol. The van der Waals surface area contributed by atoms with Crippen LogP contribution in [0.5, 0.6) is 5.75 Å². The Hall–Kier alpha value is -4.38. The molecule has 5 heteroatoms. The van der Waals surface area contributed by atoms with Crippen molar-refractivity contribution in [3.63, 3.8) is 0 Å². The van der Waals surface area contributed by atoms with Gasteiger partial charge in [-0.15, -0.1) is 0 Å². The number of hydrogen-bond acceptors (Lipinski definition) is 3. The number of ether oxygens (including phenoxy) is 1. The van der Waals surface area contributed by atoms with Gasteiger partial charge in [0.2, 0.25) is 0 Å². The second-order valence-electron chi connectivity index (χ2n) is 7.75. The van der Waals surface area contributed by atoms with Gasteiger partial charge in [0, 0.05) is 23.2 Å². The Morgan fingerprint density at radius 3 is 2.45 bits per heavy atom. The van der Waals surface area contributed by atoms with Crippen LogP contribution in [0, 0.1) is 0 Å². The number of aromatic amines is 1. The summed E-state index contributed by atoms with van der Waals surface area (Å²) in [5, 5.41) is 2.95. The molecule has 0 atom stereocenters. The molecule has 5 rings (SSSR count). The normalized spacial score (nSPS) is 10.8. The minimum atomic E-state index is -0.181. The number of carbonyl (C=O) groups excluding carboxylic acids is 1. The number of fused-ring (bicyclic) bond motifs is 1. The fourth-order valence-corrected chi connectivity index (χ4v) is 3.66. The van der Waals surface area contributed by atoms with Crippen LogP contribution in [0.4, 0.5) is 5.69 Å². The third-order valence-corrected chi connectivity index (χ3v) is 5.40. The number of para-hydroxylation sites is 2. The average Bonchev–Trinajstić information content (AvgIpc) is 3.30. The number of hydrogen-bond donors (Lipinski definition) is 2. The number of nitrogens with zero attached hydrogens (tertiary/aromatic N) is 1. The van der Waals surface area contributed by atoms with Gasteiger partial charge < -0.3 is 15.0 Å². The lowest BCUT2D eigenvalue weighted by Crippen LogP contribution is -2.12. The van der Waals surface area contributed by atoms with Gasteiger partial charge in [-0.1, -0.05) is 48.5 Å². The zero-order chi connectivity index (χ0) is 22.5. The lowest BCUT2D eigenvalue weighted by Gasteiger charge is -2.09. The largest absolute Gasteiger partial charge is 0.493 e. The van der Waals surface area contributed by atoms with E-state index in [2.05, 4.69) is 27.4 Å². The number of imidazole rings is 1. The maximum Gasteiger partial charge on any atom is 0.255 e. The lowest BCUT2D eigenvalue weighted by molar-refractivity contribution is 0.102. The van der Waals surface area contributed by atoms with Crippen LogP contribution < -0.4 is 10.1 Å². The third kappa shape index (κ3) is 4.93. The van der Waals surface area contributed by atoms with Crippen LogP contribution in [-0.2, 0) is 6.42 Å². The fourth-order valence-electron chi connectivity index (χ4n) is 3.66. The Morgan fingerprint density at radius 1 is 0.848 bits per heavy atom. The molecule has 0 radical (unpaired) electrons. The van der Waals surface area contributed by atoms with Gasteiger partial charge in [-0.05, 0) is 60.2 Å². The van der Waals surface area contributed by atoms with Crippen molar-refractivity contribution >= 4 is 22.6 Å². The molecular weight excluding hydrogens is 410 g/mol. The van der Waals surface area contributed by atoms with E-state index in [1.165, 1.54) is 5.56 Å². The Labute approximate surface area is 192 Å². The van der Waals surface area contributed by atoms with Crippen molar-refractivity contribution in [1.29, 1.82) is 0 Å². The third-order valence-electron chi connectivity index (χ3n) is 5.40. The first-order chi connectivity index (χ1) is 16.2. The van der Waals surface area contributed by atoms with E-state index in [1.807, 2.05) is 78.9 Å². The van der Waals surface area contributed by atoms with E-state index in [1.54, 1.807) is 12.1 Å². The first-order valence-electron chi connectivity index (χ1n) is 10.9. The molecule has 0 aliphatic rings. The van der Waals surface area contributed by atoms with E-state index in [4.69, 9.17) is 4.74 Å². The van der Waals surface area contributed by atoms with Crippen molar-refractivity contribution in [1.82, 2.24) is 9.97 Å². The number of rotatable bonds is 7. The zero-order valence-corrected chi connectivity index (χ0v) is 18.0. The fraction of sp³-hybridized carbons (Fsp3) is 0.0714. The number of carbonyl (C=O) groups is 1. The summed E-state index contributed by atoms with van der Waals surface area (Å²) in [5.74, 6) is 1.30. The van der Waals surface area contributed by atoms with Gasteiger partial charge in [0.05, 0.1) is 17.6 Å². The highest BCUT2D eigenvalue weighted by atomic mass is 16.5. The maximum absolute atomic E-state index is 12.7. The minimum absolute atomic E-state index is 0.181. The second kappa shape index (κ2) is 9.40. The van der Waals surface area contributed by atoms with Crippen LogP contribution in [-0.4, -0.2) is 22.5 Å². The van der Waals surface area contributed by atoms with Gasteiger partial charge in [-0.3, -0.25) is 4.79 Å². The van der Waals surface area contributed by atoms with Crippen molar-refractivity contribution in [3.05, 3.63) is 114 Å². The van der Waals surface area contributed by atoms with Crippen LogP contribution in [0.1, 0.15) is 15.9 Å². The number of nitrogens with one attached hydrogen (secondary N) is 2. The Bertz CT molecular complexity index is 1340. The highest BCUT2D eigenvalue weighted by Crippen LogP contribution is 2.22. The zero-order valence-electron chi connectivity index (χ0n) is 18.0. The summed E-state index contributed by atoms with van der Waals surface area (Å²) in [6.45, 7) is 0.554. The van der Waals surface area contributed by atoms with E-state index in [9.17, 15) is 4.79 Å². The Balaban J connectivity index is 1.21. The van der Waals surface area contributed by atoms with E-state index in [0.717, 1.165) is 34.5 Å². The smallest absolute Gasteiger partial charge is 0.255 e. The lowest BCUT2D eigenvalue weighted by atomic mass is 10.1. The molecule has 33 heavy (non-hydrogen) atoms. The van der Waals surface area contributed by atoms with Crippen molar-refractivity contribution < 1.29 is 9.53 Å². The first-order valence-corrected chi connectivity index (χ1v) is 10.9. The Morgan fingerprint density at radius 2 is 1.64 bits per heavy atom. The topological polar surface area (TPSA) is 67.0 Å². The monoisotopic (exact) mass is 433 g/mol.